The molecule has 0 aliphatic heterocycles. The van der Waals surface area contributed by atoms with Gasteiger partial charge in [0.05, 0.1) is 12.5 Å². The molecule has 0 atom stereocenters. The van der Waals surface area contributed by atoms with Crippen molar-refractivity contribution in [3.05, 3.63) is 0 Å². The Morgan fingerprint density at radius 2 is 1.75 bits per heavy atom. The summed E-state index contributed by atoms with van der Waals surface area (Å²) >= 11 is 0. The highest BCUT2D eigenvalue weighted by atomic mass is 16.5. The van der Waals surface area contributed by atoms with Crippen molar-refractivity contribution in [2.45, 2.75) is 51.4 Å². The van der Waals surface area contributed by atoms with E-state index in [-0.39, 0.29) is 11.4 Å². The fourth-order valence-corrected chi connectivity index (χ4v) is 3.80. The smallest absolute Gasteiger partial charge is 0.313 e. The van der Waals surface area contributed by atoms with Crippen LogP contribution in [0.3, 0.4) is 0 Å². The minimum absolute atomic E-state index is 0.0927. The molecular formula is C13H23NO2. The first-order chi connectivity index (χ1) is 7.66. The number of carbonyl (C=O) groups is 1. The van der Waals surface area contributed by atoms with Crippen LogP contribution >= 0.6 is 0 Å². The monoisotopic (exact) mass is 225 g/mol. The van der Waals surface area contributed by atoms with Gasteiger partial charge in [-0.25, -0.2) is 0 Å². The normalized spacial score (nSPS) is 26.9. The minimum atomic E-state index is -0.348. The Balaban J connectivity index is 2.02. The van der Waals surface area contributed by atoms with Crippen LogP contribution in [-0.2, 0) is 9.53 Å². The first-order valence-electron chi connectivity index (χ1n) is 6.45. The van der Waals surface area contributed by atoms with Crippen molar-refractivity contribution in [2.75, 3.05) is 13.7 Å². The van der Waals surface area contributed by atoms with Crippen molar-refractivity contribution >= 4 is 5.97 Å². The van der Waals surface area contributed by atoms with Crippen molar-refractivity contribution in [3.8, 4) is 0 Å². The van der Waals surface area contributed by atoms with Gasteiger partial charge >= 0.3 is 5.97 Å². The summed E-state index contributed by atoms with van der Waals surface area (Å²) in [6, 6.07) is 0. The summed E-state index contributed by atoms with van der Waals surface area (Å²) in [7, 11) is 1.47. The molecule has 0 aromatic rings. The van der Waals surface area contributed by atoms with E-state index in [9.17, 15) is 4.79 Å². The SMILES string of the molecule is COC(=O)C1(CN)CC2(CCCCCC2)C1. The van der Waals surface area contributed by atoms with Gasteiger partial charge in [0.25, 0.3) is 0 Å². The fraction of sp³-hybridized carbons (Fsp3) is 0.923. The van der Waals surface area contributed by atoms with Crippen LogP contribution in [0.25, 0.3) is 0 Å². The zero-order valence-electron chi connectivity index (χ0n) is 10.3. The van der Waals surface area contributed by atoms with Gasteiger partial charge in [-0.05, 0) is 31.1 Å². The average Bonchev–Trinajstić information content (AvgIpc) is 2.50. The van der Waals surface area contributed by atoms with Gasteiger partial charge in [-0.2, -0.15) is 0 Å². The van der Waals surface area contributed by atoms with Crippen LogP contribution in [0.5, 0.6) is 0 Å². The molecule has 0 radical (unpaired) electrons. The van der Waals surface area contributed by atoms with Gasteiger partial charge in [0.2, 0.25) is 0 Å². The van der Waals surface area contributed by atoms with E-state index in [1.54, 1.807) is 0 Å². The third-order valence-corrected chi connectivity index (χ3v) is 4.60. The zero-order chi connectivity index (χ0) is 11.6. The lowest BCUT2D eigenvalue weighted by Crippen LogP contribution is -2.55. The van der Waals surface area contributed by atoms with Gasteiger partial charge in [-0.3, -0.25) is 4.79 Å². The molecule has 2 aliphatic carbocycles. The van der Waals surface area contributed by atoms with Gasteiger partial charge in [0, 0.05) is 6.54 Å². The molecule has 0 aromatic carbocycles. The Morgan fingerprint density at radius 1 is 1.19 bits per heavy atom. The molecule has 2 rings (SSSR count). The molecule has 0 unspecified atom stereocenters. The third kappa shape index (κ3) is 1.86. The lowest BCUT2D eigenvalue weighted by atomic mass is 9.50. The summed E-state index contributed by atoms with van der Waals surface area (Å²) in [6.07, 6.45) is 9.85. The Labute approximate surface area is 97.7 Å². The van der Waals surface area contributed by atoms with Gasteiger partial charge in [0.1, 0.15) is 0 Å². The second-order valence-corrected chi connectivity index (χ2v) is 5.74. The molecule has 0 amide bonds. The van der Waals surface area contributed by atoms with Crippen LogP contribution in [0.15, 0.2) is 0 Å². The molecule has 1 spiro atoms. The van der Waals surface area contributed by atoms with Crippen molar-refractivity contribution in [1.82, 2.24) is 0 Å². The summed E-state index contributed by atoms with van der Waals surface area (Å²) in [5.74, 6) is -0.0927. The highest BCUT2D eigenvalue weighted by Crippen LogP contribution is 2.60. The lowest BCUT2D eigenvalue weighted by Gasteiger charge is -2.54. The second kappa shape index (κ2) is 4.36. The molecule has 2 saturated carbocycles. The second-order valence-electron chi connectivity index (χ2n) is 5.74. The lowest BCUT2D eigenvalue weighted by molar-refractivity contribution is -0.169. The highest BCUT2D eigenvalue weighted by molar-refractivity contribution is 5.78. The van der Waals surface area contributed by atoms with Gasteiger partial charge in [-0.15, -0.1) is 0 Å². The molecule has 0 bridgehead atoms. The first-order valence-corrected chi connectivity index (χ1v) is 6.45. The van der Waals surface area contributed by atoms with E-state index >= 15 is 0 Å². The fourth-order valence-electron chi connectivity index (χ4n) is 3.80. The van der Waals surface area contributed by atoms with E-state index < -0.39 is 0 Å². The Hall–Kier alpha value is -0.570. The average molecular weight is 225 g/mol. The highest BCUT2D eigenvalue weighted by Gasteiger charge is 2.57. The van der Waals surface area contributed by atoms with E-state index in [0.29, 0.717) is 12.0 Å². The molecule has 0 heterocycles. The maximum atomic E-state index is 11.8. The van der Waals surface area contributed by atoms with E-state index in [4.69, 9.17) is 10.5 Å². The maximum Gasteiger partial charge on any atom is 0.313 e. The van der Waals surface area contributed by atoms with E-state index in [2.05, 4.69) is 0 Å². The summed E-state index contributed by atoms with van der Waals surface area (Å²) in [4.78, 5) is 11.8. The number of nitrogens with two attached hydrogens (primary N) is 1. The summed E-state index contributed by atoms with van der Waals surface area (Å²) < 4.78 is 4.89. The number of carbonyl (C=O) groups excluding carboxylic acids is 1. The molecule has 3 heteroatoms. The van der Waals surface area contributed by atoms with Crippen molar-refractivity contribution in [2.24, 2.45) is 16.6 Å². The Morgan fingerprint density at radius 3 is 2.19 bits per heavy atom. The van der Waals surface area contributed by atoms with Gasteiger partial charge in [-0.1, -0.05) is 25.7 Å². The number of esters is 1. The predicted octanol–water partition coefficient (Wildman–Crippen LogP) is 2.24. The molecule has 2 aliphatic rings. The van der Waals surface area contributed by atoms with E-state index in [0.717, 1.165) is 12.8 Å². The van der Waals surface area contributed by atoms with Gasteiger partial charge in [0.15, 0.2) is 0 Å². The molecular weight excluding hydrogens is 202 g/mol. The topological polar surface area (TPSA) is 52.3 Å². The number of rotatable bonds is 2. The summed E-state index contributed by atoms with van der Waals surface area (Å²) in [5.41, 5.74) is 5.85. The predicted molar refractivity (Wildman–Crippen MR) is 62.9 cm³/mol. The molecule has 2 N–H and O–H groups in total. The summed E-state index contributed by atoms with van der Waals surface area (Å²) in [5, 5.41) is 0. The number of hydrogen-bond donors (Lipinski definition) is 1. The summed E-state index contributed by atoms with van der Waals surface area (Å²) in [6.45, 7) is 0.446. The molecule has 92 valence electrons. The minimum Gasteiger partial charge on any atom is -0.469 e. The van der Waals surface area contributed by atoms with Gasteiger partial charge < -0.3 is 10.5 Å². The Bertz CT molecular complexity index is 259. The van der Waals surface area contributed by atoms with Crippen molar-refractivity contribution in [3.63, 3.8) is 0 Å². The maximum absolute atomic E-state index is 11.8. The molecule has 2 fully saturated rings. The van der Waals surface area contributed by atoms with Crippen LogP contribution in [0.2, 0.25) is 0 Å². The van der Waals surface area contributed by atoms with Crippen molar-refractivity contribution < 1.29 is 9.53 Å². The van der Waals surface area contributed by atoms with Crippen LogP contribution in [0.4, 0.5) is 0 Å². The zero-order valence-corrected chi connectivity index (χ0v) is 10.3. The van der Waals surface area contributed by atoms with Crippen LogP contribution in [-0.4, -0.2) is 19.6 Å². The van der Waals surface area contributed by atoms with Crippen molar-refractivity contribution in [1.29, 1.82) is 0 Å². The van der Waals surface area contributed by atoms with Crippen LogP contribution < -0.4 is 5.73 Å². The Kier molecular flexibility index (Phi) is 3.24. The number of hydrogen-bond acceptors (Lipinski definition) is 3. The standard InChI is InChI=1S/C13H23NO2/c1-16-11(15)13(10-14)8-12(9-13)6-4-2-3-5-7-12/h2-10,14H2,1H3. The van der Waals surface area contributed by atoms with E-state index in [1.807, 2.05) is 0 Å². The first kappa shape index (κ1) is 11.9. The van der Waals surface area contributed by atoms with Crippen LogP contribution in [0, 0.1) is 10.8 Å². The molecule has 3 nitrogen and oxygen atoms in total. The number of ether oxygens (including phenoxy) is 1. The van der Waals surface area contributed by atoms with Crippen LogP contribution in [0.1, 0.15) is 51.4 Å². The number of methoxy groups -OCH3 is 1. The molecule has 0 aromatic heterocycles. The molecule has 16 heavy (non-hydrogen) atoms. The largest absolute Gasteiger partial charge is 0.469 e. The molecule has 0 saturated heterocycles. The quantitative estimate of drug-likeness (QED) is 0.733. The third-order valence-electron chi connectivity index (χ3n) is 4.60. The van der Waals surface area contributed by atoms with E-state index in [1.165, 1.54) is 45.6 Å².